The molecule has 1 aliphatic rings. The SMILES string of the molecule is [C-]#[N+]c1c(OC(=O)C2CCC(CCC)CC2)ccc(OCCCC)c1C#N. The third-order valence-electron chi connectivity index (χ3n) is 5.17. The molecule has 0 atom stereocenters. The third kappa shape index (κ3) is 5.47. The van der Waals surface area contributed by atoms with Crippen molar-refractivity contribution in [1.82, 2.24) is 0 Å². The molecule has 1 aromatic rings. The van der Waals surface area contributed by atoms with Gasteiger partial charge in [0.25, 0.3) is 0 Å². The molecule has 1 saturated carbocycles. The standard InChI is InChI=1S/C22H28N2O3/c1-4-6-14-26-19-12-13-20(21(24-3)18(19)15-23)27-22(25)17-10-8-16(7-5-2)9-11-17/h12-13,16-17H,4-11,14H2,1-2H3. The lowest BCUT2D eigenvalue weighted by molar-refractivity contribution is -0.140. The van der Waals surface area contributed by atoms with E-state index < -0.39 is 0 Å². The molecule has 0 heterocycles. The fourth-order valence-electron chi connectivity index (χ4n) is 3.59. The van der Waals surface area contributed by atoms with Crippen molar-refractivity contribution in [3.05, 3.63) is 29.1 Å². The zero-order valence-corrected chi connectivity index (χ0v) is 16.3. The van der Waals surface area contributed by atoms with Gasteiger partial charge in [0.15, 0.2) is 0 Å². The number of unbranched alkanes of at least 4 members (excludes halogenated alkanes) is 1. The molecule has 5 heteroatoms. The van der Waals surface area contributed by atoms with Crippen LogP contribution in [0.25, 0.3) is 4.85 Å². The van der Waals surface area contributed by atoms with E-state index in [4.69, 9.17) is 16.0 Å². The zero-order valence-electron chi connectivity index (χ0n) is 16.3. The topological polar surface area (TPSA) is 63.7 Å². The van der Waals surface area contributed by atoms with Gasteiger partial charge in [-0.3, -0.25) is 4.79 Å². The van der Waals surface area contributed by atoms with Crippen LogP contribution in [0.15, 0.2) is 12.1 Å². The molecule has 5 nitrogen and oxygen atoms in total. The van der Waals surface area contributed by atoms with E-state index in [2.05, 4.69) is 18.7 Å². The van der Waals surface area contributed by atoms with Crippen LogP contribution in [0.4, 0.5) is 5.69 Å². The van der Waals surface area contributed by atoms with Gasteiger partial charge in [-0.2, -0.15) is 5.26 Å². The summed E-state index contributed by atoms with van der Waals surface area (Å²) in [5.74, 6) is 0.825. The molecular weight excluding hydrogens is 340 g/mol. The highest BCUT2D eigenvalue weighted by molar-refractivity contribution is 5.80. The number of hydrogen-bond acceptors (Lipinski definition) is 4. The van der Waals surface area contributed by atoms with Gasteiger partial charge in [0.1, 0.15) is 17.1 Å². The summed E-state index contributed by atoms with van der Waals surface area (Å²) in [6.45, 7) is 12.2. The van der Waals surface area contributed by atoms with Crippen molar-refractivity contribution in [1.29, 1.82) is 5.26 Å². The van der Waals surface area contributed by atoms with E-state index >= 15 is 0 Å². The summed E-state index contributed by atoms with van der Waals surface area (Å²) in [6, 6.07) is 5.21. The first-order valence-corrected chi connectivity index (χ1v) is 9.93. The van der Waals surface area contributed by atoms with E-state index in [-0.39, 0.29) is 28.9 Å². The Balaban J connectivity index is 2.09. The first-order valence-electron chi connectivity index (χ1n) is 9.93. The lowest BCUT2D eigenvalue weighted by Gasteiger charge is -2.27. The molecule has 0 aromatic heterocycles. The fraction of sp³-hybridized carbons (Fsp3) is 0.591. The molecule has 0 saturated heterocycles. The number of benzene rings is 1. The Morgan fingerprint density at radius 3 is 2.52 bits per heavy atom. The third-order valence-corrected chi connectivity index (χ3v) is 5.17. The summed E-state index contributed by atoms with van der Waals surface area (Å²) in [6.07, 6.45) is 8.02. The van der Waals surface area contributed by atoms with E-state index in [1.807, 2.05) is 6.07 Å². The first kappa shape index (κ1) is 20.8. The average molecular weight is 368 g/mol. The average Bonchev–Trinajstić information content (AvgIpc) is 2.69. The number of carbonyl (C=O) groups is 1. The lowest BCUT2D eigenvalue weighted by Crippen LogP contribution is -2.25. The fourth-order valence-corrected chi connectivity index (χ4v) is 3.59. The maximum atomic E-state index is 12.6. The Kier molecular flexibility index (Phi) is 8.14. The number of ether oxygens (including phenoxy) is 2. The summed E-state index contributed by atoms with van der Waals surface area (Å²) in [7, 11) is 0. The maximum absolute atomic E-state index is 12.6. The Morgan fingerprint density at radius 2 is 1.93 bits per heavy atom. The molecule has 0 spiro atoms. The number of esters is 1. The molecule has 2 rings (SSSR count). The van der Waals surface area contributed by atoms with E-state index in [0.717, 1.165) is 38.5 Å². The van der Waals surface area contributed by atoms with Gasteiger partial charge in [-0.25, -0.2) is 4.85 Å². The Morgan fingerprint density at radius 1 is 1.22 bits per heavy atom. The second kappa shape index (κ2) is 10.6. The van der Waals surface area contributed by atoms with Crippen molar-refractivity contribution in [2.45, 2.75) is 65.2 Å². The predicted octanol–water partition coefficient (Wildman–Crippen LogP) is 5.80. The molecule has 0 N–H and O–H groups in total. The predicted molar refractivity (Wildman–Crippen MR) is 104 cm³/mol. The minimum Gasteiger partial charge on any atom is -0.494 e. The monoisotopic (exact) mass is 368 g/mol. The van der Waals surface area contributed by atoms with Crippen LogP contribution in [0, 0.1) is 29.7 Å². The van der Waals surface area contributed by atoms with Crippen LogP contribution in [0.3, 0.4) is 0 Å². The van der Waals surface area contributed by atoms with Crippen LogP contribution in [0.5, 0.6) is 11.5 Å². The largest absolute Gasteiger partial charge is 0.494 e. The van der Waals surface area contributed by atoms with Gasteiger partial charge in [0.05, 0.1) is 25.2 Å². The molecule has 27 heavy (non-hydrogen) atoms. The lowest BCUT2D eigenvalue weighted by atomic mass is 9.80. The van der Waals surface area contributed by atoms with Crippen LogP contribution in [0.2, 0.25) is 0 Å². The zero-order chi connectivity index (χ0) is 19.6. The highest BCUT2D eigenvalue weighted by Crippen LogP contribution is 2.39. The van der Waals surface area contributed by atoms with Crippen molar-refractivity contribution in [2.75, 3.05) is 6.61 Å². The van der Waals surface area contributed by atoms with E-state index in [9.17, 15) is 10.1 Å². The van der Waals surface area contributed by atoms with Crippen molar-refractivity contribution in [3.8, 4) is 17.6 Å². The van der Waals surface area contributed by atoms with Crippen LogP contribution in [-0.4, -0.2) is 12.6 Å². The van der Waals surface area contributed by atoms with Crippen molar-refractivity contribution in [3.63, 3.8) is 0 Å². The van der Waals surface area contributed by atoms with Crippen LogP contribution < -0.4 is 9.47 Å². The smallest absolute Gasteiger partial charge is 0.313 e. The normalized spacial score (nSPS) is 19.0. The van der Waals surface area contributed by atoms with Gasteiger partial charge in [-0.1, -0.05) is 33.1 Å². The first-order chi connectivity index (χ1) is 13.1. The summed E-state index contributed by atoms with van der Waals surface area (Å²) < 4.78 is 11.2. The number of nitriles is 1. The summed E-state index contributed by atoms with van der Waals surface area (Å²) >= 11 is 0. The number of nitrogens with zero attached hydrogens (tertiary/aromatic N) is 2. The number of rotatable bonds is 8. The summed E-state index contributed by atoms with van der Waals surface area (Å²) in [5.41, 5.74) is 0.192. The van der Waals surface area contributed by atoms with Gasteiger partial charge in [0, 0.05) is 0 Å². The summed E-state index contributed by atoms with van der Waals surface area (Å²) in [4.78, 5) is 16.0. The van der Waals surface area contributed by atoms with Crippen LogP contribution in [-0.2, 0) is 4.79 Å². The van der Waals surface area contributed by atoms with E-state index in [1.165, 1.54) is 12.8 Å². The minimum atomic E-state index is -0.293. The van der Waals surface area contributed by atoms with Gasteiger partial charge in [-0.15, -0.1) is 0 Å². The molecule has 0 radical (unpaired) electrons. The van der Waals surface area contributed by atoms with Crippen LogP contribution in [0.1, 0.15) is 70.8 Å². The number of carbonyl (C=O) groups excluding carboxylic acids is 1. The Hall–Kier alpha value is -2.53. The molecule has 0 amide bonds. The Labute approximate surface area is 162 Å². The van der Waals surface area contributed by atoms with Crippen molar-refractivity contribution < 1.29 is 14.3 Å². The van der Waals surface area contributed by atoms with E-state index in [0.29, 0.717) is 18.3 Å². The minimum absolute atomic E-state index is 0.0551. The molecule has 1 fully saturated rings. The molecule has 1 aromatic carbocycles. The second-order valence-electron chi connectivity index (χ2n) is 7.14. The second-order valence-corrected chi connectivity index (χ2v) is 7.14. The summed E-state index contributed by atoms with van der Waals surface area (Å²) in [5, 5.41) is 9.46. The van der Waals surface area contributed by atoms with E-state index in [1.54, 1.807) is 12.1 Å². The van der Waals surface area contributed by atoms with Gasteiger partial charge >= 0.3 is 5.97 Å². The molecule has 0 bridgehead atoms. The van der Waals surface area contributed by atoms with Crippen molar-refractivity contribution in [2.24, 2.45) is 11.8 Å². The highest BCUT2D eigenvalue weighted by atomic mass is 16.5. The maximum Gasteiger partial charge on any atom is 0.313 e. The molecule has 0 unspecified atom stereocenters. The highest BCUT2D eigenvalue weighted by Gasteiger charge is 2.28. The van der Waals surface area contributed by atoms with Crippen LogP contribution >= 0.6 is 0 Å². The van der Waals surface area contributed by atoms with Gasteiger partial charge in [-0.05, 0) is 50.2 Å². The molecule has 1 aliphatic carbocycles. The molecule has 0 aliphatic heterocycles. The quantitative estimate of drug-likeness (QED) is 0.252. The van der Waals surface area contributed by atoms with Gasteiger partial charge < -0.3 is 9.47 Å². The van der Waals surface area contributed by atoms with Gasteiger partial charge in [0.2, 0.25) is 5.69 Å². The van der Waals surface area contributed by atoms with Crippen molar-refractivity contribution >= 4 is 11.7 Å². The molecular formula is C22H28N2O3. The Bertz CT molecular complexity index is 722. The number of hydrogen-bond donors (Lipinski definition) is 0. The molecule has 144 valence electrons.